The topological polar surface area (TPSA) is 26.7 Å². The molecule has 1 atom stereocenters. The summed E-state index contributed by atoms with van der Waals surface area (Å²) < 4.78 is 1.11. The minimum atomic E-state index is -0.571. The van der Waals surface area contributed by atoms with E-state index in [4.69, 9.17) is 0 Å². The lowest BCUT2D eigenvalue weighted by Gasteiger charge is -2.43. The van der Waals surface area contributed by atoms with Crippen LogP contribution in [-0.4, -0.2) is 48.3 Å². The molecule has 1 unspecified atom stereocenters. The summed E-state index contributed by atoms with van der Waals surface area (Å²) >= 11 is 3.67. The van der Waals surface area contributed by atoms with Gasteiger partial charge in [0.05, 0.1) is 5.60 Å². The van der Waals surface area contributed by atoms with Gasteiger partial charge in [-0.1, -0.05) is 65.5 Å². The highest BCUT2D eigenvalue weighted by Crippen LogP contribution is 2.42. The number of hydrogen-bond donors (Lipinski definition) is 1. The zero-order chi connectivity index (χ0) is 22.7. The van der Waals surface area contributed by atoms with Gasteiger partial charge in [-0.2, -0.15) is 0 Å². The van der Waals surface area contributed by atoms with E-state index in [0.717, 1.165) is 49.8 Å². The Hall–Kier alpha value is -1.36. The Kier molecular flexibility index (Phi) is 7.44. The van der Waals surface area contributed by atoms with Crippen molar-refractivity contribution < 1.29 is 5.11 Å². The number of para-hydroxylation sites is 1. The van der Waals surface area contributed by atoms with Gasteiger partial charge in [0, 0.05) is 35.7 Å². The predicted octanol–water partition coefficient (Wildman–Crippen LogP) is 6.71. The van der Waals surface area contributed by atoms with Gasteiger partial charge in [-0.15, -0.1) is 0 Å². The Morgan fingerprint density at radius 1 is 0.879 bits per heavy atom. The minimum Gasteiger partial charge on any atom is -0.389 e. The van der Waals surface area contributed by atoms with Gasteiger partial charge in [0.15, 0.2) is 0 Å². The second kappa shape index (κ2) is 10.5. The molecular formula is C29H39BrN2O. The first kappa shape index (κ1) is 23.4. The summed E-state index contributed by atoms with van der Waals surface area (Å²) in [7, 11) is 0. The van der Waals surface area contributed by atoms with Gasteiger partial charge >= 0.3 is 0 Å². The van der Waals surface area contributed by atoms with Crippen molar-refractivity contribution in [2.24, 2.45) is 0 Å². The SMILES string of the molecule is OC1(C(CN2CCC(c3ccccc3N3CCCC3)CC2)c2cccc(Br)c2)CCCCC1. The number of likely N-dealkylation sites (tertiary alicyclic amines) is 1. The molecule has 0 spiro atoms. The quantitative estimate of drug-likeness (QED) is 0.467. The standard InChI is InChI=1S/C29H39BrN2O/c30-25-10-8-9-24(21-25)27(29(33)15-4-1-5-16-29)22-31-19-13-23(14-20-31)26-11-2-3-12-28(26)32-17-6-7-18-32/h2-3,8-12,21,23,27,33H,1,4-7,13-20,22H2. The molecule has 0 bridgehead atoms. The van der Waals surface area contributed by atoms with Crippen LogP contribution in [0.4, 0.5) is 5.69 Å². The number of halogens is 1. The highest BCUT2D eigenvalue weighted by Gasteiger charge is 2.40. The second-order valence-electron chi connectivity index (χ2n) is 10.6. The third kappa shape index (κ3) is 5.33. The van der Waals surface area contributed by atoms with Crippen LogP contribution in [0.25, 0.3) is 0 Å². The van der Waals surface area contributed by atoms with E-state index in [1.807, 2.05) is 0 Å². The molecule has 4 heteroatoms. The molecule has 3 aliphatic rings. The molecule has 3 nitrogen and oxygen atoms in total. The minimum absolute atomic E-state index is 0.184. The van der Waals surface area contributed by atoms with Gasteiger partial charge in [0.25, 0.3) is 0 Å². The number of piperidine rings is 1. The van der Waals surface area contributed by atoms with Crippen molar-refractivity contribution in [1.29, 1.82) is 0 Å². The van der Waals surface area contributed by atoms with Crippen LogP contribution in [0, 0.1) is 0 Å². The summed E-state index contributed by atoms with van der Waals surface area (Å²) in [5.74, 6) is 0.837. The van der Waals surface area contributed by atoms with Crippen LogP contribution in [0.3, 0.4) is 0 Å². The average molecular weight is 512 g/mol. The van der Waals surface area contributed by atoms with Crippen LogP contribution < -0.4 is 4.90 Å². The van der Waals surface area contributed by atoms with Crippen molar-refractivity contribution in [3.8, 4) is 0 Å². The van der Waals surface area contributed by atoms with Gasteiger partial charge in [-0.05, 0) is 86.9 Å². The molecule has 1 N–H and O–H groups in total. The number of hydrogen-bond acceptors (Lipinski definition) is 3. The van der Waals surface area contributed by atoms with E-state index in [2.05, 4.69) is 74.3 Å². The Labute approximate surface area is 208 Å². The highest BCUT2D eigenvalue weighted by molar-refractivity contribution is 9.10. The molecule has 2 aromatic carbocycles. The third-order valence-electron chi connectivity index (χ3n) is 8.47. The monoisotopic (exact) mass is 510 g/mol. The molecule has 0 amide bonds. The summed E-state index contributed by atoms with van der Waals surface area (Å²) in [4.78, 5) is 5.23. The van der Waals surface area contributed by atoms with E-state index >= 15 is 0 Å². The lowest BCUT2D eigenvalue weighted by Crippen LogP contribution is -2.46. The summed E-state index contributed by atoms with van der Waals surface area (Å²) in [6.07, 6.45) is 10.5. The van der Waals surface area contributed by atoms with Crippen molar-refractivity contribution in [1.82, 2.24) is 4.90 Å². The molecular weight excluding hydrogens is 472 g/mol. The molecule has 33 heavy (non-hydrogen) atoms. The van der Waals surface area contributed by atoms with Gasteiger partial charge in [-0.25, -0.2) is 0 Å². The fourth-order valence-corrected chi connectivity index (χ4v) is 7.00. The fraction of sp³-hybridized carbons (Fsp3) is 0.586. The van der Waals surface area contributed by atoms with Gasteiger partial charge < -0.3 is 14.9 Å². The first-order valence-electron chi connectivity index (χ1n) is 13.2. The van der Waals surface area contributed by atoms with E-state index < -0.39 is 5.60 Å². The van der Waals surface area contributed by atoms with E-state index in [9.17, 15) is 5.11 Å². The van der Waals surface area contributed by atoms with Crippen LogP contribution in [0.15, 0.2) is 53.0 Å². The largest absolute Gasteiger partial charge is 0.389 e. The van der Waals surface area contributed by atoms with Crippen LogP contribution in [0.2, 0.25) is 0 Å². The smallest absolute Gasteiger partial charge is 0.0728 e. The van der Waals surface area contributed by atoms with E-state index in [1.54, 1.807) is 5.56 Å². The molecule has 3 fully saturated rings. The summed E-state index contributed by atoms with van der Waals surface area (Å²) in [5, 5.41) is 11.7. The van der Waals surface area contributed by atoms with Gasteiger partial charge in [-0.3, -0.25) is 0 Å². The van der Waals surface area contributed by atoms with Crippen molar-refractivity contribution in [2.45, 2.75) is 75.2 Å². The van der Waals surface area contributed by atoms with Crippen LogP contribution in [0.5, 0.6) is 0 Å². The van der Waals surface area contributed by atoms with E-state index in [1.165, 1.54) is 56.4 Å². The average Bonchev–Trinajstić information content (AvgIpc) is 3.38. The van der Waals surface area contributed by atoms with Crippen LogP contribution in [-0.2, 0) is 0 Å². The molecule has 2 aliphatic heterocycles. The third-order valence-corrected chi connectivity index (χ3v) is 8.96. The maximum absolute atomic E-state index is 11.7. The number of benzene rings is 2. The molecule has 178 valence electrons. The second-order valence-corrected chi connectivity index (χ2v) is 11.5. The lowest BCUT2D eigenvalue weighted by molar-refractivity contribution is -0.0325. The number of rotatable bonds is 6. The van der Waals surface area contributed by atoms with Crippen molar-refractivity contribution >= 4 is 21.6 Å². The van der Waals surface area contributed by atoms with E-state index in [-0.39, 0.29) is 5.92 Å². The highest BCUT2D eigenvalue weighted by atomic mass is 79.9. The molecule has 0 radical (unpaired) electrons. The molecule has 5 rings (SSSR count). The molecule has 1 aliphatic carbocycles. The van der Waals surface area contributed by atoms with Crippen molar-refractivity contribution in [2.75, 3.05) is 37.6 Å². The van der Waals surface area contributed by atoms with Crippen LogP contribution >= 0.6 is 15.9 Å². The van der Waals surface area contributed by atoms with Crippen molar-refractivity contribution in [3.63, 3.8) is 0 Å². The van der Waals surface area contributed by atoms with Gasteiger partial charge in [0.1, 0.15) is 0 Å². The number of aliphatic hydroxyl groups is 1. The molecule has 1 saturated carbocycles. The molecule has 2 heterocycles. The Morgan fingerprint density at radius 3 is 2.33 bits per heavy atom. The maximum atomic E-state index is 11.7. The Morgan fingerprint density at radius 2 is 1.61 bits per heavy atom. The van der Waals surface area contributed by atoms with Crippen LogP contribution in [0.1, 0.15) is 80.8 Å². The number of anilines is 1. The zero-order valence-corrected chi connectivity index (χ0v) is 21.5. The summed E-state index contributed by atoms with van der Waals surface area (Å²) in [6.45, 7) is 5.64. The molecule has 2 saturated heterocycles. The normalized spacial score (nSPS) is 23.0. The Balaban J connectivity index is 1.29. The summed E-state index contributed by atoms with van der Waals surface area (Å²) in [5.41, 5.74) is 3.76. The Bertz CT molecular complexity index is 911. The maximum Gasteiger partial charge on any atom is 0.0728 e. The number of nitrogens with zero attached hydrogens (tertiary/aromatic N) is 2. The summed E-state index contributed by atoms with van der Waals surface area (Å²) in [6, 6.07) is 17.8. The molecule has 2 aromatic rings. The lowest BCUT2D eigenvalue weighted by atomic mass is 9.72. The first-order valence-corrected chi connectivity index (χ1v) is 14.0. The first-order chi connectivity index (χ1) is 16.1. The predicted molar refractivity (Wildman–Crippen MR) is 141 cm³/mol. The zero-order valence-electron chi connectivity index (χ0n) is 19.9. The molecule has 0 aromatic heterocycles. The fourth-order valence-electron chi connectivity index (χ4n) is 6.58. The van der Waals surface area contributed by atoms with Gasteiger partial charge in [0.2, 0.25) is 0 Å². The van der Waals surface area contributed by atoms with Crippen molar-refractivity contribution in [3.05, 3.63) is 64.1 Å². The van der Waals surface area contributed by atoms with E-state index in [0.29, 0.717) is 5.92 Å².